The van der Waals surface area contributed by atoms with Crippen LogP contribution in [0.2, 0.25) is 0 Å². The molecule has 1 fully saturated rings. The van der Waals surface area contributed by atoms with Crippen LogP contribution in [0.5, 0.6) is 0 Å². The Morgan fingerprint density at radius 3 is 2.71 bits per heavy atom. The number of amides is 2. The van der Waals surface area contributed by atoms with Crippen LogP contribution in [0.15, 0.2) is 0 Å². The normalized spacial score (nSPS) is 20.9. The maximum absolute atomic E-state index is 11.8. The fourth-order valence-electron chi connectivity index (χ4n) is 1.46. The number of carbonyl (C=O) groups excluding carboxylic acids is 2. The van der Waals surface area contributed by atoms with E-state index in [4.69, 9.17) is 0 Å². The van der Waals surface area contributed by atoms with Gasteiger partial charge in [0.05, 0.1) is 6.54 Å². The molecule has 0 aliphatic carbocycles. The van der Waals surface area contributed by atoms with Crippen molar-refractivity contribution in [3.63, 3.8) is 0 Å². The number of nitrogens with one attached hydrogen (secondary N) is 1. The Bertz CT molecular complexity index is 253. The van der Waals surface area contributed by atoms with Gasteiger partial charge in [0.1, 0.15) is 5.54 Å². The lowest BCUT2D eigenvalue weighted by atomic mass is 10.0. The predicted molar refractivity (Wildman–Crippen MR) is 57.2 cm³/mol. The van der Waals surface area contributed by atoms with Crippen molar-refractivity contribution in [1.29, 1.82) is 0 Å². The minimum Gasteiger partial charge on any atom is -0.341 e. The van der Waals surface area contributed by atoms with Crippen LogP contribution in [0, 0.1) is 0 Å². The van der Waals surface area contributed by atoms with Crippen molar-refractivity contribution < 1.29 is 9.59 Å². The van der Waals surface area contributed by atoms with Gasteiger partial charge < -0.3 is 10.2 Å². The molecule has 0 aromatic carbocycles. The Hall–Kier alpha value is -0.710. The highest BCUT2D eigenvalue weighted by molar-refractivity contribution is 7.98. The van der Waals surface area contributed by atoms with Crippen LogP contribution < -0.4 is 5.32 Å². The van der Waals surface area contributed by atoms with E-state index in [2.05, 4.69) is 5.32 Å². The van der Waals surface area contributed by atoms with Crippen molar-refractivity contribution in [2.45, 2.75) is 19.4 Å². The van der Waals surface area contributed by atoms with Crippen molar-refractivity contribution in [2.75, 3.05) is 25.1 Å². The summed E-state index contributed by atoms with van der Waals surface area (Å²) in [6.45, 7) is 4.32. The molecular formula is C9H16N2O2S. The third kappa shape index (κ3) is 2.41. The van der Waals surface area contributed by atoms with Gasteiger partial charge >= 0.3 is 0 Å². The SMILES string of the molecule is CSCCN1CC(=O)NC(C)(C)C1=O. The molecule has 0 radical (unpaired) electrons. The molecule has 1 aliphatic rings. The summed E-state index contributed by atoms with van der Waals surface area (Å²) >= 11 is 1.67. The van der Waals surface area contributed by atoms with Gasteiger partial charge in [-0.15, -0.1) is 0 Å². The summed E-state index contributed by atoms with van der Waals surface area (Å²) in [6, 6.07) is 0. The third-order valence-corrected chi connectivity index (χ3v) is 2.76. The molecule has 0 atom stereocenters. The van der Waals surface area contributed by atoms with Gasteiger partial charge in [0.25, 0.3) is 0 Å². The van der Waals surface area contributed by atoms with Crippen molar-refractivity contribution in [3.05, 3.63) is 0 Å². The molecule has 1 N–H and O–H groups in total. The summed E-state index contributed by atoms with van der Waals surface area (Å²) in [5, 5.41) is 2.67. The molecule has 0 unspecified atom stereocenters. The first-order valence-corrected chi connectivity index (χ1v) is 5.96. The first-order valence-electron chi connectivity index (χ1n) is 4.56. The average Bonchev–Trinajstić information content (AvgIpc) is 2.08. The minimum absolute atomic E-state index is 0.00569. The van der Waals surface area contributed by atoms with Gasteiger partial charge in [-0.05, 0) is 20.1 Å². The summed E-state index contributed by atoms with van der Waals surface area (Å²) in [4.78, 5) is 24.7. The number of thioether (sulfide) groups is 1. The fourth-order valence-corrected chi connectivity index (χ4v) is 1.87. The van der Waals surface area contributed by atoms with Crippen molar-refractivity contribution in [1.82, 2.24) is 10.2 Å². The largest absolute Gasteiger partial charge is 0.341 e. The molecule has 0 bridgehead atoms. The zero-order valence-corrected chi connectivity index (χ0v) is 9.61. The second-order valence-corrected chi connectivity index (χ2v) is 4.88. The van der Waals surface area contributed by atoms with Crippen LogP contribution in [-0.4, -0.2) is 47.4 Å². The van der Waals surface area contributed by atoms with E-state index in [1.54, 1.807) is 30.5 Å². The quantitative estimate of drug-likeness (QED) is 0.727. The Morgan fingerprint density at radius 2 is 2.14 bits per heavy atom. The Balaban J connectivity index is 2.66. The van der Waals surface area contributed by atoms with E-state index >= 15 is 0 Å². The van der Waals surface area contributed by atoms with E-state index in [1.807, 2.05) is 6.26 Å². The summed E-state index contributed by atoms with van der Waals surface area (Å²) in [6.07, 6.45) is 1.99. The third-order valence-electron chi connectivity index (χ3n) is 2.17. The highest BCUT2D eigenvalue weighted by Gasteiger charge is 2.38. The van der Waals surface area contributed by atoms with Gasteiger partial charge in [0, 0.05) is 12.3 Å². The Labute approximate surface area is 88.4 Å². The lowest BCUT2D eigenvalue weighted by Crippen LogP contribution is -2.64. The smallest absolute Gasteiger partial charge is 0.248 e. The topological polar surface area (TPSA) is 49.4 Å². The van der Waals surface area contributed by atoms with Gasteiger partial charge in [0.15, 0.2) is 0 Å². The average molecular weight is 216 g/mol. The Morgan fingerprint density at radius 1 is 1.50 bits per heavy atom. The molecule has 80 valence electrons. The first kappa shape index (κ1) is 11.4. The zero-order chi connectivity index (χ0) is 10.8. The summed E-state index contributed by atoms with van der Waals surface area (Å²) in [7, 11) is 0. The van der Waals surface area contributed by atoms with E-state index in [0.29, 0.717) is 6.54 Å². The number of hydrogen-bond donors (Lipinski definition) is 1. The molecule has 1 rings (SSSR count). The van der Waals surface area contributed by atoms with Gasteiger partial charge in [-0.2, -0.15) is 11.8 Å². The molecule has 0 aromatic rings. The molecule has 0 saturated carbocycles. The van der Waals surface area contributed by atoms with Crippen molar-refractivity contribution in [3.8, 4) is 0 Å². The van der Waals surface area contributed by atoms with Crippen molar-refractivity contribution in [2.24, 2.45) is 0 Å². The number of rotatable bonds is 3. The van der Waals surface area contributed by atoms with Crippen LogP contribution in [0.3, 0.4) is 0 Å². The maximum Gasteiger partial charge on any atom is 0.248 e. The number of hydrogen-bond acceptors (Lipinski definition) is 3. The van der Waals surface area contributed by atoms with Crippen LogP contribution in [0.1, 0.15) is 13.8 Å². The molecule has 2 amide bonds. The molecule has 1 aliphatic heterocycles. The molecule has 4 nitrogen and oxygen atoms in total. The number of carbonyl (C=O) groups is 2. The van der Waals surface area contributed by atoms with Gasteiger partial charge in [0.2, 0.25) is 11.8 Å². The fraction of sp³-hybridized carbons (Fsp3) is 0.778. The van der Waals surface area contributed by atoms with E-state index in [1.165, 1.54) is 0 Å². The van der Waals surface area contributed by atoms with Crippen LogP contribution in [0.4, 0.5) is 0 Å². The second-order valence-electron chi connectivity index (χ2n) is 3.89. The van der Waals surface area contributed by atoms with Crippen LogP contribution >= 0.6 is 11.8 Å². The zero-order valence-electron chi connectivity index (χ0n) is 8.79. The van der Waals surface area contributed by atoms with Gasteiger partial charge in [-0.1, -0.05) is 0 Å². The number of piperazine rings is 1. The first-order chi connectivity index (χ1) is 6.47. The van der Waals surface area contributed by atoms with E-state index < -0.39 is 5.54 Å². The van der Waals surface area contributed by atoms with E-state index in [0.717, 1.165) is 5.75 Å². The van der Waals surface area contributed by atoms with Crippen LogP contribution in [0.25, 0.3) is 0 Å². The van der Waals surface area contributed by atoms with E-state index in [-0.39, 0.29) is 18.4 Å². The lowest BCUT2D eigenvalue weighted by molar-refractivity contribution is -0.148. The van der Waals surface area contributed by atoms with E-state index in [9.17, 15) is 9.59 Å². The monoisotopic (exact) mass is 216 g/mol. The highest BCUT2D eigenvalue weighted by Crippen LogP contribution is 2.13. The summed E-state index contributed by atoms with van der Waals surface area (Å²) < 4.78 is 0. The second kappa shape index (κ2) is 4.21. The highest BCUT2D eigenvalue weighted by atomic mass is 32.2. The standard InChI is InChI=1S/C9H16N2O2S/c1-9(2)8(13)11(4-5-14-3)6-7(12)10-9/h4-6H2,1-3H3,(H,10,12). The minimum atomic E-state index is -0.742. The number of nitrogens with zero attached hydrogens (tertiary/aromatic N) is 1. The summed E-state index contributed by atoms with van der Waals surface area (Å²) in [5.74, 6) is 0.802. The maximum atomic E-state index is 11.8. The molecule has 0 aromatic heterocycles. The van der Waals surface area contributed by atoms with Crippen molar-refractivity contribution >= 4 is 23.6 Å². The molecular weight excluding hydrogens is 200 g/mol. The molecule has 1 saturated heterocycles. The summed E-state index contributed by atoms with van der Waals surface area (Å²) in [5.41, 5.74) is -0.742. The van der Waals surface area contributed by atoms with Crippen LogP contribution in [-0.2, 0) is 9.59 Å². The Kier molecular flexibility index (Phi) is 3.42. The van der Waals surface area contributed by atoms with Gasteiger partial charge in [-0.25, -0.2) is 0 Å². The molecule has 1 heterocycles. The molecule has 14 heavy (non-hydrogen) atoms. The lowest BCUT2D eigenvalue weighted by Gasteiger charge is -2.37. The molecule has 5 heteroatoms. The molecule has 0 spiro atoms. The predicted octanol–water partition coefficient (Wildman–Crippen LogP) is 0.0864. The van der Waals surface area contributed by atoms with Gasteiger partial charge in [-0.3, -0.25) is 9.59 Å².